The van der Waals surface area contributed by atoms with Crippen LogP contribution in [-0.4, -0.2) is 41.5 Å². The highest BCUT2D eigenvalue weighted by molar-refractivity contribution is 5.96. The third kappa shape index (κ3) is 4.38. The Balaban J connectivity index is 1.75. The molecule has 3 aromatic rings. The lowest BCUT2D eigenvalue weighted by Gasteiger charge is -2.09. The molecule has 0 fully saturated rings. The Hall–Kier alpha value is -4.21. The molecule has 1 aromatic heterocycles. The van der Waals surface area contributed by atoms with Crippen molar-refractivity contribution in [3.8, 4) is 22.8 Å². The fraction of sp³-hybridized carbons (Fsp3) is 0.105. The predicted molar refractivity (Wildman–Crippen MR) is 105 cm³/mol. The molecule has 1 heterocycles. The van der Waals surface area contributed by atoms with Crippen molar-refractivity contribution in [2.75, 3.05) is 14.2 Å². The SMILES string of the molecule is COc1ccc(-c2[nH]ncc2/C=N/NC(=O)c2ccc([N+](=O)[O-])cc2)c(OC)c1. The second-order valence-electron chi connectivity index (χ2n) is 5.77. The zero-order valence-corrected chi connectivity index (χ0v) is 15.6. The van der Waals surface area contributed by atoms with Gasteiger partial charge >= 0.3 is 0 Å². The van der Waals surface area contributed by atoms with Gasteiger partial charge in [-0.3, -0.25) is 20.0 Å². The van der Waals surface area contributed by atoms with Crippen LogP contribution in [0.2, 0.25) is 0 Å². The molecule has 2 aromatic carbocycles. The number of H-pyrrole nitrogens is 1. The van der Waals surface area contributed by atoms with E-state index >= 15 is 0 Å². The van der Waals surface area contributed by atoms with Crippen molar-refractivity contribution >= 4 is 17.8 Å². The number of hydrogen-bond donors (Lipinski definition) is 2. The van der Waals surface area contributed by atoms with Gasteiger partial charge in [0, 0.05) is 34.9 Å². The highest BCUT2D eigenvalue weighted by Gasteiger charge is 2.13. The van der Waals surface area contributed by atoms with Gasteiger partial charge in [-0.05, 0) is 24.3 Å². The molecule has 0 saturated carbocycles. The van der Waals surface area contributed by atoms with Gasteiger partial charge in [-0.2, -0.15) is 10.2 Å². The van der Waals surface area contributed by atoms with Crippen LogP contribution in [0, 0.1) is 10.1 Å². The van der Waals surface area contributed by atoms with E-state index in [1.807, 2.05) is 6.07 Å². The number of nitro groups is 1. The highest BCUT2D eigenvalue weighted by Crippen LogP contribution is 2.33. The Morgan fingerprint density at radius 3 is 2.62 bits per heavy atom. The molecule has 0 saturated heterocycles. The van der Waals surface area contributed by atoms with Crippen molar-refractivity contribution in [2.24, 2.45) is 5.10 Å². The molecular weight excluding hydrogens is 378 g/mol. The summed E-state index contributed by atoms with van der Waals surface area (Å²) >= 11 is 0. The number of benzene rings is 2. The number of nitro benzene ring substituents is 1. The fourth-order valence-corrected chi connectivity index (χ4v) is 2.57. The van der Waals surface area contributed by atoms with Gasteiger partial charge in [-0.25, -0.2) is 5.43 Å². The molecule has 0 aliphatic rings. The maximum atomic E-state index is 12.1. The van der Waals surface area contributed by atoms with E-state index in [1.54, 1.807) is 32.5 Å². The van der Waals surface area contributed by atoms with Crippen LogP contribution in [0.15, 0.2) is 53.8 Å². The zero-order valence-electron chi connectivity index (χ0n) is 15.6. The van der Waals surface area contributed by atoms with Crippen molar-refractivity contribution in [1.29, 1.82) is 0 Å². The number of nitrogens with zero attached hydrogens (tertiary/aromatic N) is 3. The number of hydrazone groups is 1. The average molecular weight is 395 g/mol. The smallest absolute Gasteiger partial charge is 0.271 e. The van der Waals surface area contributed by atoms with E-state index in [0.29, 0.717) is 22.8 Å². The lowest BCUT2D eigenvalue weighted by Crippen LogP contribution is -2.17. The Morgan fingerprint density at radius 2 is 1.97 bits per heavy atom. The summed E-state index contributed by atoms with van der Waals surface area (Å²) < 4.78 is 10.6. The Labute approximate surface area is 165 Å². The van der Waals surface area contributed by atoms with Gasteiger partial charge in [0.05, 0.1) is 37.2 Å². The number of carbonyl (C=O) groups excluding carboxylic acids is 1. The maximum absolute atomic E-state index is 12.1. The largest absolute Gasteiger partial charge is 0.497 e. The number of hydrogen-bond acceptors (Lipinski definition) is 7. The summed E-state index contributed by atoms with van der Waals surface area (Å²) in [5, 5.41) is 21.5. The average Bonchev–Trinajstić information content (AvgIpc) is 3.21. The lowest BCUT2D eigenvalue weighted by molar-refractivity contribution is -0.384. The first-order valence-electron chi connectivity index (χ1n) is 8.37. The molecule has 2 N–H and O–H groups in total. The van der Waals surface area contributed by atoms with Crippen molar-refractivity contribution in [2.45, 2.75) is 0 Å². The number of methoxy groups -OCH3 is 2. The first kappa shape index (κ1) is 19.5. The molecule has 0 spiro atoms. The molecule has 0 aliphatic heterocycles. The number of ether oxygens (including phenoxy) is 2. The molecule has 10 nitrogen and oxygen atoms in total. The molecular formula is C19H17N5O5. The minimum Gasteiger partial charge on any atom is -0.497 e. The number of carbonyl (C=O) groups is 1. The van der Waals surface area contributed by atoms with Crippen LogP contribution in [0.5, 0.6) is 11.5 Å². The van der Waals surface area contributed by atoms with Gasteiger partial charge in [0.1, 0.15) is 11.5 Å². The summed E-state index contributed by atoms with van der Waals surface area (Å²) in [6.45, 7) is 0. The second-order valence-corrected chi connectivity index (χ2v) is 5.77. The van der Waals surface area contributed by atoms with E-state index in [2.05, 4.69) is 20.7 Å². The van der Waals surface area contributed by atoms with E-state index in [1.165, 1.54) is 30.5 Å². The molecule has 29 heavy (non-hydrogen) atoms. The summed E-state index contributed by atoms with van der Waals surface area (Å²) in [4.78, 5) is 22.3. The van der Waals surface area contributed by atoms with Crippen molar-refractivity contribution in [1.82, 2.24) is 15.6 Å². The first-order valence-corrected chi connectivity index (χ1v) is 8.37. The summed E-state index contributed by atoms with van der Waals surface area (Å²) in [7, 11) is 3.11. The van der Waals surface area contributed by atoms with Crippen LogP contribution in [-0.2, 0) is 0 Å². The Kier molecular flexibility index (Phi) is 5.83. The van der Waals surface area contributed by atoms with Crippen LogP contribution < -0.4 is 14.9 Å². The van der Waals surface area contributed by atoms with Crippen LogP contribution in [0.25, 0.3) is 11.3 Å². The minimum absolute atomic E-state index is 0.0958. The van der Waals surface area contributed by atoms with Crippen LogP contribution in [0.1, 0.15) is 15.9 Å². The van der Waals surface area contributed by atoms with E-state index in [0.717, 1.165) is 5.56 Å². The standard InChI is InChI=1S/C19H17N5O5/c1-28-15-7-8-16(17(9-15)29-2)18-13(10-20-22-18)11-21-23-19(25)12-3-5-14(6-4-12)24(26)27/h3-11H,1-2H3,(H,20,22)(H,23,25)/b21-11+. The summed E-state index contributed by atoms with van der Waals surface area (Å²) in [6, 6.07) is 10.6. The molecule has 3 rings (SSSR count). The van der Waals surface area contributed by atoms with Crippen molar-refractivity contribution in [3.63, 3.8) is 0 Å². The quantitative estimate of drug-likeness (QED) is 0.359. The van der Waals surface area contributed by atoms with Crippen molar-refractivity contribution < 1.29 is 19.2 Å². The molecule has 148 valence electrons. The first-order chi connectivity index (χ1) is 14.0. The van der Waals surface area contributed by atoms with Crippen LogP contribution in [0.3, 0.4) is 0 Å². The second kappa shape index (κ2) is 8.65. The highest BCUT2D eigenvalue weighted by atomic mass is 16.6. The Morgan fingerprint density at radius 1 is 1.21 bits per heavy atom. The third-order valence-corrected chi connectivity index (χ3v) is 4.06. The van der Waals surface area contributed by atoms with Gasteiger partial charge in [0.2, 0.25) is 0 Å². The minimum atomic E-state index is -0.534. The van der Waals surface area contributed by atoms with E-state index in [-0.39, 0.29) is 11.3 Å². The Bertz CT molecular complexity index is 1060. The van der Waals surface area contributed by atoms with Crippen molar-refractivity contribution in [3.05, 3.63) is 69.9 Å². The number of amides is 1. The summed E-state index contributed by atoms with van der Waals surface area (Å²) in [5.74, 6) is 0.733. The number of aromatic nitrogens is 2. The number of rotatable bonds is 7. The zero-order chi connectivity index (χ0) is 20.8. The van der Waals surface area contributed by atoms with Gasteiger partial charge in [-0.1, -0.05) is 0 Å². The van der Waals surface area contributed by atoms with Gasteiger partial charge in [-0.15, -0.1) is 0 Å². The monoisotopic (exact) mass is 395 g/mol. The van der Waals surface area contributed by atoms with Gasteiger partial charge in [0.15, 0.2) is 0 Å². The lowest BCUT2D eigenvalue weighted by atomic mass is 10.1. The van der Waals surface area contributed by atoms with Gasteiger partial charge in [0.25, 0.3) is 11.6 Å². The predicted octanol–water partition coefficient (Wildman–Crippen LogP) is 2.77. The number of non-ortho nitro benzene ring substituents is 1. The van der Waals surface area contributed by atoms with Gasteiger partial charge < -0.3 is 9.47 Å². The van der Waals surface area contributed by atoms with E-state index < -0.39 is 10.8 Å². The normalized spacial score (nSPS) is 10.7. The summed E-state index contributed by atoms with van der Waals surface area (Å²) in [5.41, 5.74) is 4.55. The van der Waals surface area contributed by atoms with E-state index in [9.17, 15) is 14.9 Å². The number of aromatic amines is 1. The van der Waals surface area contributed by atoms with Crippen LogP contribution in [0.4, 0.5) is 5.69 Å². The maximum Gasteiger partial charge on any atom is 0.271 e. The topological polar surface area (TPSA) is 132 Å². The fourth-order valence-electron chi connectivity index (χ4n) is 2.57. The van der Waals surface area contributed by atoms with Crippen LogP contribution >= 0.6 is 0 Å². The summed E-state index contributed by atoms with van der Waals surface area (Å²) in [6.07, 6.45) is 2.99. The molecule has 0 radical (unpaired) electrons. The molecule has 0 bridgehead atoms. The van der Waals surface area contributed by atoms with E-state index in [4.69, 9.17) is 9.47 Å². The molecule has 0 unspecified atom stereocenters. The molecule has 0 atom stereocenters. The number of nitrogens with one attached hydrogen (secondary N) is 2. The molecule has 10 heteroatoms. The molecule has 0 aliphatic carbocycles. The third-order valence-electron chi connectivity index (χ3n) is 4.06. The molecule has 1 amide bonds.